The number of rotatable bonds is 4. The molecular weight excluding hydrogens is 221 g/mol. The second kappa shape index (κ2) is 5.94. The molecule has 17 heavy (non-hydrogen) atoms. The van der Waals surface area contributed by atoms with Gasteiger partial charge in [-0.25, -0.2) is 4.39 Å². The Morgan fingerprint density at radius 2 is 2.06 bits per heavy atom. The molecule has 1 amide bonds. The number of Topliss-reactive ketones (excluding diaryl/α,β-unsaturated/α-hetero) is 1. The van der Waals surface area contributed by atoms with Crippen LogP contribution >= 0.6 is 0 Å². The van der Waals surface area contributed by atoms with Crippen LogP contribution in [0.5, 0.6) is 0 Å². The highest BCUT2D eigenvalue weighted by molar-refractivity contribution is 5.94. The van der Waals surface area contributed by atoms with Crippen molar-refractivity contribution < 1.29 is 14.0 Å². The van der Waals surface area contributed by atoms with Crippen LogP contribution in [0, 0.1) is 5.82 Å². The SMILES string of the molecule is CC(=O)NCC=Cc1cc(C(C)=O)ccc1F. The van der Waals surface area contributed by atoms with Crippen LogP contribution in [0.3, 0.4) is 0 Å². The van der Waals surface area contributed by atoms with Crippen molar-refractivity contribution >= 4 is 17.8 Å². The molecule has 0 saturated carbocycles. The summed E-state index contributed by atoms with van der Waals surface area (Å²) < 4.78 is 13.4. The van der Waals surface area contributed by atoms with Gasteiger partial charge in [0.25, 0.3) is 0 Å². The third kappa shape index (κ3) is 4.18. The van der Waals surface area contributed by atoms with E-state index in [0.717, 1.165) is 0 Å². The molecule has 0 bridgehead atoms. The Hall–Kier alpha value is -1.97. The minimum absolute atomic E-state index is 0.110. The summed E-state index contributed by atoms with van der Waals surface area (Å²) in [5.74, 6) is -0.650. The molecule has 1 rings (SSSR count). The highest BCUT2D eigenvalue weighted by atomic mass is 19.1. The molecule has 0 atom stereocenters. The molecule has 3 nitrogen and oxygen atoms in total. The number of hydrogen-bond donors (Lipinski definition) is 1. The van der Waals surface area contributed by atoms with E-state index >= 15 is 0 Å². The number of carbonyl (C=O) groups is 2. The van der Waals surface area contributed by atoms with Gasteiger partial charge in [-0.3, -0.25) is 9.59 Å². The summed E-state index contributed by atoms with van der Waals surface area (Å²) in [4.78, 5) is 21.7. The molecule has 1 aromatic rings. The third-order valence-electron chi connectivity index (χ3n) is 2.17. The fourth-order valence-corrected chi connectivity index (χ4v) is 1.28. The second-order valence-electron chi connectivity index (χ2n) is 3.63. The lowest BCUT2D eigenvalue weighted by Crippen LogP contribution is -2.19. The molecule has 0 radical (unpaired) electrons. The van der Waals surface area contributed by atoms with E-state index in [1.165, 1.54) is 38.1 Å². The number of nitrogens with one attached hydrogen (secondary N) is 1. The van der Waals surface area contributed by atoms with Crippen LogP contribution in [0.2, 0.25) is 0 Å². The monoisotopic (exact) mass is 235 g/mol. The van der Waals surface area contributed by atoms with Gasteiger partial charge in [0.15, 0.2) is 5.78 Å². The van der Waals surface area contributed by atoms with Gasteiger partial charge < -0.3 is 5.32 Å². The Balaban J connectivity index is 2.79. The summed E-state index contributed by atoms with van der Waals surface area (Å²) in [5.41, 5.74) is 0.800. The third-order valence-corrected chi connectivity index (χ3v) is 2.17. The van der Waals surface area contributed by atoms with E-state index in [4.69, 9.17) is 0 Å². The smallest absolute Gasteiger partial charge is 0.217 e. The van der Waals surface area contributed by atoms with Crippen LogP contribution in [0.25, 0.3) is 6.08 Å². The topological polar surface area (TPSA) is 46.2 Å². The first-order valence-electron chi connectivity index (χ1n) is 5.22. The molecule has 0 aromatic heterocycles. The maximum atomic E-state index is 13.4. The molecule has 4 heteroatoms. The maximum Gasteiger partial charge on any atom is 0.217 e. The largest absolute Gasteiger partial charge is 0.353 e. The van der Waals surface area contributed by atoms with Gasteiger partial charge in [-0.2, -0.15) is 0 Å². The molecule has 0 spiro atoms. The van der Waals surface area contributed by atoms with E-state index in [9.17, 15) is 14.0 Å². The quantitative estimate of drug-likeness (QED) is 0.813. The Morgan fingerprint density at radius 1 is 1.35 bits per heavy atom. The summed E-state index contributed by atoms with van der Waals surface area (Å²) in [6.45, 7) is 3.17. The van der Waals surface area contributed by atoms with Crippen molar-refractivity contribution in [3.8, 4) is 0 Å². The Bertz CT molecular complexity index is 466. The van der Waals surface area contributed by atoms with Crippen LogP contribution < -0.4 is 5.32 Å². The molecule has 0 heterocycles. The van der Waals surface area contributed by atoms with Crippen molar-refractivity contribution in [1.29, 1.82) is 0 Å². The number of carbonyl (C=O) groups excluding carboxylic acids is 2. The van der Waals surface area contributed by atoms with E-state index in [2.05, 4.69) is 5.32 Å². The van der Waals surface area contributed by atoms with Gasteiger partial charge in [-0.1, -0.05) is 12.2 Å². The molecule has 0 aliphatic carbocycles. The van der Waals surface area contributed by atoms with Gasteiger partial charge in [0, 0.05) is 24.6 Å². The van der Waals surface area contributed by atoms with Gasteiger partial charge in [-0.15, -0.1) is 0 Å². The minimum Gasteiger partial charge on any atom is -0.353 e. The zero-order valence-corrected chi connectivity index (χ0v) is 9.79. The Labute approximate surface area is 99.3 Å². The molecule has 90 valence electrons. The first kappa shape index (κ1) is 13.1. The first-order chi connectivity index (χ1) is 8.00. The average Bonchev–Trinajstić information content (AvgIpc) is 2.25. The number of hydrogen-bond acceptors (Lipinski definition) is 2. The zero-order chi connectivity index (χ0) is 12.8. The van der Waals surface area contributed by atoms with Crippen LogP contribution in [0.15, 0.2) is 24.3 Å². The average molecular weight is 235 g/mol. The van der Waals surface area contributed by atoms with E-state index in [1.54, 1.807) is 6.08 Å². The fourth-order valence-electron chi connectivity index (χ4n) is 1.28. The first-order valence-corrected chi connectivity index (χ1v) is 5.22. The van der Waals surface area contributed by atoms with Crippen LogP contribution in [0.4, 0.5) is 4.39 Å². The second-order valence-corrected chi connectivity index (χ2v) is 3.63. The molecule has 0 aliphatic heterocycles. The highest BCUT2D eigenvalue weighted by Gasteiger charge is 2.03. The summed E-state index contributed by atoms with van der Waals surface area (Å²) in [5, 5.41) is 2.56. The van der Waals surface area contributed by atoms with Crippen molar-refractivity contribution in [2.24, 2.45) is 0 Å². The van der Waals surface area contributed by atoms with Crippen molar-refractivity contribution in [3.63, 3.8) is 0 Å². The van der Waals surface area contributed by atoms with Crippen molar-refractivity contribution in [1.82, 2.24) is 5.32 Å². The van der Waals surface area contributed by atoms with Gasteiger partial charge in [-0.05, 0) is 25.1 Å². The van der Waals surface area contributed by atoms with Crippen LogP contribution in [-0.2, 0) is 4.79 Å². The number of ketones is 1. The molecule has 0 saturated heterocycles. The number of halogens is 1. The molecule has 0 aliphatic rings. The molecule has 1 N–H and O–H groups in total. The van der Waals surface area contributed by atoms with Gasteiger partial charge in [0.05, 0.1) is 0 Å². The zero-order valence-electron chi connectivity index (χ0n) is 9.79. The van der Waals surface area contributed by atoms with Gasteiger partial charge in [0.2, 0.25) is 5.91 Å². The number of benzene rings is 1. The Kier molecular flexibility index (Phi) is 4.57. The predicted molar refractivity (Wildman–Crippen MR) is 64.1 cm³/mol. The number of amides is 1. The van der Waals surface area contributed by atoms with Crippen molar-refractivity contribution in [2.75, 3.05) is 6.54 Å². The summed E-state index contributed by atoms with van der Waals surface area (Å²) in [7, 11) is 0. The highest BCUT2D eigenvalue weighted by Crippen LogP contribution is 2.12. The van der Waals surface area contributed by atoms with E-state index in [1.807, 2.05) is 0 Å². The minimum atomic E-state index is -0.394. The molecule has 1 aromatic carbocycles. The lowest BCUT2D eigenvalue weighted by molar-refractivity contribution is -0.118. The van der Waals surface area contributed by atoms with E-state index < -0.39 is 5.82 Å². The summed E-state index contributed by atoms with van der Waals surface area (Å²) in [6, 6.07) is 4.19. The summed E-state index contributed by atoms with van der Waals surface area (Å²) in [6.07, 6.45) is 3.17. The molecule has 0 unspecified atom stereocenters. The van der Waals surface area contributed by atoms with Crippen molar-refractivity contribution in [2.45, 2.75) is 13.8 Å². The van der Waals surface area contributed by atoms with Gasteiger partial charge in [0.1, 0.15) is 5.82 Å². The van der Waals surface area contributed by atoms with Crippen LogP contribution in [-0.4, -0.2) is 18.2 Å². The van der Waals surface area contributed by atoms with E-state index in [-0.39, 0.29) is 11.7 Å². The van der Waals surface area contributed by atoms with Crippen molar-refractivity contribution in [3.05, 3.63) is 41.2 Å². The summed E-state index contributed by atoms with van der Waals surface area (Å²) >= 11 is 0. The van der Waals surface area contributed by atoms with E-state index in [0.29, 0.717) is 17.7 Å². The Morgan fingerprint density at radius 3 is 2.65 bits per heavy atom. The van der Waals surface area contributed by atoms with Gasteiger partial charge >= 0.3 is 0 Å². The maximum absolute atomic E-state index is 13.4. The molecule has 0 fully saturated rings. The normalized spacial score (nSPS) is 10.5. The predicted octanol–water partition coefficient (Wildman–Crippen LogP) is 2.18. The molecular formula is C13H14FNO2. The lowest BCUT2D eigenvalue weighted by Gasteiger charge is -2.00. The lowest BCUT2D eigenvalue weighted by atomic mass is 10.1. The van der Waals surface area contributed by atoms with Crippen LogP contribution in [0.1, 0.15) is 29.8 Å². The fraction of sp³-hybridized carbons (Fsp3) is 0.231. The standard InChI is InChI=1S/C13H14FNO2/c1-9(16)11-5-6-13(14)12(8-11)4-3-7-15-10(2)17/h3-6,8H,7H2,1-2H3,(H,15,17).